The number of aryl methyl sites for hydroxylation is 1. The Bertz CT molecular complexity index is 457. The quantitative estimate of drug-likeness (QED) is 0.390. The van der Waals surface area contributed by atoms with Gasteiger partial charge in [-0.25, -0.2) is 9.98 Å². The van der Waals surface area contributed by atoms with Crippen LogP contribution in [0.5, 0.6) is 0 Å². The van der Waals surface area contributed by atoms with E-state index in [9.17, 15) is 0 Å². The van der Waals surface area contributed by atoms with Crippen LogP contribution in [0, 0.1) is 12.3 Å². The molecule has 0 fully saturated rings. The van der Waals surface area contributed by atoms with Crippen LogP contribution in [0.4, 0.5) is 0 Å². The van der Waals surface area contributed by atoms with E-state index in [0.29, 0.717) is 6.54 Å². The second kappa shape index (κ2) is 10.4. The summed E-state index contributed by atoms with van der Waals surface area (Å²) < 4.78 is 0. The van der Waals surface area contributed by atoms with Gasteiger partial charge in [0.15, 0.2) is 5.96 Å². The maximum Gasteiger partial charge on any atom is 0.191 e. The SMILES string of the molecule is CCNC(=NCc1ncc(C)s1)NCC(C)(C)CN(C)C.I. The van der Waals surface area contributed by atoms with Crippen LogP contribution in [-0.4, -0.2) is 49.6 Å². The molecule has 0 aliphatic rings. The van der Waals surface area contributed by atoms with Gasteiger partial charge >= 0.3 is 0 Å². The lowest BCUT2D eigenvalue weighted by Gasteiger charge is -2.29. The molecular formula is C15H30IN5S. The number of nitrogens with zero attached hydrogens (tertiary/aromatic N) is 3. The van der Waals surface area contributed by atoms with Gasteiger partial charge in [-0.05, 0) is 33.4 Å². The fourth-order valence-electron chi connectivity index (χ4n) is 2.20. The van der Waals surface area contributed by atoms with Gasteiger partial charge in [-0.2, -0.15) is 0 Å². The Morgan fingerprint density at radius 1 is 1.36 bits per heavy atom. The highest BCUT2D eigenvalue weighted by Crippen LogP contribution is 2.14. The average molecular weight is 439 g/mol. The zero-order valence-electron chi connectivity index (χ0n) is 14.6. The maximum atomic E-state index is 4.61. The minimum Gasteiger partial charge on any atom is -0.357 e. The molecule has 0 saturated carbocycles. The number of halogens is 1. The number of rotatable bonds is 7. The maximum absolute atomic E-state index is 4.61. The highest BCUT2D eigenvalue weighted by Gasteiger charge is 2.19. The second-order valence-corrected chi connectivity index (χ2v) is 7.63. The number of guanidine groups is 1. The third kappa shape index (κ3) is 8.89. The van der Waals surface area contributed by atoms with Crippen molar-refractivity contribution < 1.29 is 0 Å². The Morgan fingerprint density at radius 3 is 2.55 bits per heavy atom. The summed E-state index contributed by atoms with van der Waals surface area (Å²) in [6.07, 6.45) is 1.90. The lowest BCUT2D eigenvalue weighted by Crippen LogP contribution is -2.44. The minimum atomic E-state index is 0. The van der Waals surface area contributed by atoms with E-state index >= 15 is 0 Å². The third-order valence-electron chi connectivity index (χ3n) is 2.86. The average Bonchev–Trinajstić information content (AvgIpc) is 2.77. The lowest BCUT2D eigenvalue weighted by atomic mass is 9.93. The Hall–Kier alpha value is -0.410. The van der Waals surface area contributed by atoms with Crippen molar-refractivity contribution in [1.29, 1.82) is 0 Å². The van der Waals surface area contributed by atoms with Crippen molar-refractivity contribution >= 4 is 41.3 Å². The normalized spacial score (nSPS) is 12.2. The number of hydrogen-bond donors (Lipinski definition) is 2. The van der Waals surface area contributed by atoms with Crippen molar-refractivity contribution in [3.05, 3.63) is 16.1 Å². The van der Waals surface area contributed by atoms with E-state index in [4.69, 9.17) is 0 Å². The van der Waals surface area contributed by atoms with Crippen molar-refractivity contribution in [3.8, 4) is 0 Å². The first-order valence-electron chi connectivity index (χ1n) is 7.40. The number of aliphatic imine (C=N–C) groups is 1. The van der Waals surface area contributed by atoms with Crippen molar-refractivity contribution in [2.45, 2.75) is 34.2 Å². The van der Waals surface area contributed by atoms with E-state index in [1.807, 2.05) is 6.20 Å². The number of hydrogen-bond acceptors (Lipinski definition) is 4. The van der Waals surface area contributed by atoms with Crippen LogP contribution in [0.3, 0.4) is 0 Å². The molecule has 2 N–H and O–H groups in total. The van der Waals surface area contributed by atoms with Crippen LogP contribution in [0.15, 0.2) is 11.2 Å². The molecule has 0 atom stereocenters. The van der Waals surface area contributed by atoms with Gasteiger partial charge in [-0.1, -0.05) is 13.8 Å². The number of nitrogens with one attached hydrogen (secondary N) is 2. The summed E-state index contributed by atoms with van der Waals surface area (Å²) >= 11 is 1.70. The molecule has 1 aromatic rings. The van der Waals surface area contributed by atoms with E-state index in [1.54, 1.807) is 11.3 Å². The first-order chi connectivity index (χ1) is 9.82. The van der Waals surface area contributed by atoms with Gasteiger partial charge < -0.3 is 15.5 Å². The summed E-state index contributed by atoms with van der Waals surface area (Å²) in [4.78, 5) is 12.4. The van der Waals surface area contributed by atoms with E-state index in [2.05, 4.69) is 67.3 Å². The Labute approximate surface area is 156 Å². The Morgan fingerprint density at radius 2 is 2.05 bits per heavy atom. The molecule has 0 aliphatic heterocycles. The van der Waals surface area contributed by atoms with Crippen LogP contribution in [-0.2, 0) is 6.54 Å². The summed E-state index contributed by atoms with van der Waals surface area (Å²) in [5, 5.41) is 7.77. The Balaban J connectivity index is 0.00000441. The summed E-state index contributed by atoms with van der Waals surface area (Å²) in [6, 6.07) is 0. The Kier molecular flexibility index (Phi) is 10.2. The van der Waals surface area contributed by atoms with E-state index < -0.39 is 0 Å². The molecule has 1 rings (SSSR count). The molecule has 1 heterocycles. The van der Waals surface area contributed by atoms with Crippen molar-refractivity contribution in [3.63, 3.8) is 0 Å². The molecule has 0 unspecified atom stereocenters. The smallest absolute Gasteiger partial charge is 0.191 e. The van der Waals surface area contributed by atoms with E-state index in [0.717, 1.165) is 30.6 Å². The fraction of sp³-hybridized carbons (Fsp3) is 0.733. The first-order valence-corrected chi connectivity index (χ1v) is 8.22. The molecule has 7 heteroatoms. The molecule has 0 bridgehead atoms. The topological polar surface area (TPSA) is 52.6 Å². The molecule has 5 nitrogen and oxygen atoms in total. The lowest BCUT2D eigenvalue weighted by molar-refractivity contribution is 0.241. The minimum absolute atomic E-state index is 0. The molecule has 0 radical (unpaired) electrons. The zero-order chi connectivity index (χ0) is 15.9. The first kappa shape index (κ1) is 21.6. The van der Waals surface area contributed by atoms with Crippen LogP contribution in [0.25, 0.3) is 0 Å². The molecule has 0 spiro atoms. The van der Waals surface area contributed by atoms with Gasteiger partial charge in [0.05, 0.1) is 6.54 Å². The molecule has 0 saturated heterocycles. The van der Waals surface area contributed by atoms with Crippen LogP contribution in [0.1, 0.15) is 30.7 Å². The van der Waals surface area contributed by atoms with Crippen molar-refractivity contribution in [2.24, 2.45) is 10.4 Å². The molecule has 0 aromatic carbocycles. The number of thiazole rings is 1. The summed E-state index contributed by atoms with van der Waals surface area (Å²) in [5.41, 5.74) is 0.192. The molecular weight excluding hydrogens is 409 g/mol. The van der Waals surface area contributed by atoms with Crippen LogP contribution < -0.4 is 10.6 Å². The predicted octanol–water partition coefficient (Wildman–Crippen LogP) is 2.71. The molecule has 0 amide bonds. The highest BCUT2D eigenvalue weighted by atomic mass is 127. The van der Waals surface area contributed by atoms with Gasteiger partial charge in [-0.15, -0.1) is 35.3 Å². The largest absolute Gasteiger partial charge is 0.357 e. The summed E-state index contributed by atoms with van der Waals surface area (Å²) in [6.45, 7) is 12.1. The zero-order valence-corrected chi connectivity index (χ0v) is 17.7. The molecule has 128 valence electrons. The monoisotopic (exact) mass is 439 g/mol. The van der Waals surface area contributed by atoms with Gasteiger partial charge in [0.2, 0.25) is 0 Å². The number of aromatic nitrogens is 1. The standard InChI is InChI=1S/C15H29N5S.HI/c1-7-16-14(18-9-13-17-8-12(2)21-13)19-10-15(3,4)11-20(5)6;/h8H,7,9-11H2,1-6H3,(H2,16,18,19);1H. The summed E-state index contributed by atoms with van der Waals surface area (Å²) in [7, 11) is 4.21. The van der Waals surface area contributed by atoms with Crippen LogP contribution >= 0.6 is 35.3 Å². The second-order valence-electron chi connectivity index (χ2n) is 6.32. The fourth-order valence-corrected chi connectivity index (χ4v) is 2.91. The van der Waals surface area contributed by atoms with Gasteiger partial charge in [0, 0.05) is 30.7 Å². The third-order valence-corrected chi connectivity index (χ3v) is 3.76. The molecule has 1 aromatic heterocycles. The van der Waals surface area contributed by atoms with Crippen molar-refractivity contribution in [1.82, 2.24) is 20.5 Å². The molecule has 0 aliphatic carbocycles. The van der Waals surface area contributed by atoms with Crippen LogP contribution in [0.2, 0.25) is 0 Å². The van der Waals surface area contributed by atoms with Gasteiger partial charge in [0.1, 0.15) is 5.01 Å². The summed E-state index contributed by atoms with van der Waals surface area (Å²) in [5.74, 6) is 0.859. The van der Waals surface area contributed by atoms with E-state index in [1.165, 1.54) is 4.88 Å². The highest BCUT2D eigenvalue weighted by molar-refractivity contribution is 14.0. The van der Waals surface area contributed by atoms with E-state index in [-0.39, 0.29) is 29.4 Å². The van der Waals surface area contributed by atoms with Gasteiger partial charge in [0.25, 0.3) is 0 Å². The predicted molar refractivity (Wildman–Crippen MR) is 107 cm³/mol. The van der Waals surface area contributed by atoms with Gasteiger partial charge in [-0.3, -0.25) is 0 Å². The molecule has 22 heavy (non-hydrogen) atoms. The van der Waals surface area contributed by atoms with Crippen molar-refractivity contribution in [2.75, 3.05) is 33.7 Å².